The van der Waals surface area contributed by atoms with E-state index >= 15 is 0 Å². The number of hydrogen-bond acceptors (Lipinski definition) is 4. The molecule has 1 aromatic heterocycles. The van der Waals surface area contributed by atoms with Crippen LogP contribution in [0.4, 0.5) is 5.82 Å². The normalized spacial score (nSPS) is 16.2. The van der Waals surface area contributed by atoms with E-state index in [0.29, 0.717) is 23.7 Å². The van der Waals surface area contributed by atoms with E-state index < -0.39 is 5.41 Å². The maximum absolute atomic E-state index is 13.1. The monoisotopic (exact) mass is 448 g/mol. The lowest BCUT2D eigenvalue weighted by Crippen LogP contribution is -2.40. The number of amides is 1. The molecule has 0 saturated heterocycles. The highest BCUT2D eigenvalue weighted by Gasteiger charge is 2.37. The van der Waals surface area contributed by atoms with E-state index in [4.69, 9.17) is 11.6 Å². The van der Waals surface area contributed by atoms with Crippen molar-refractivity contribution in [1.29, 1.82) is 0 Å². The van der Waals surface area contributed by atoms with Gasteiger partial charge in [-0.3, -0.25) is 4.79 Å². The fraction of sp³-hybridized carbons (Fsp3) is 0.423. The largest absolute Gasteiger partial charge is 0.367 e. The molecule has 5 nitrogen and oxygen atoms in total. The van der Waals surface area contributed by atoms with Crippen LogP contribution in [0.2, 0.25) is 5.02 Å². The van der Waals surface area contributed by atoms with Crippen LogP contribution in [0.3, 0.4) is 0 Å². The highest BCUT2D eigenvalue weighted by Crippen LogP contribution is 2.35. The Morgan fingerprint density at radius 2 is 1.78 bits per heavy atom. The smallest absolute Gasteiger partial charge is 0.228 e. The second-order valence-electron chi connectivity index (χ2n) is 10.1. The first-order chi connectivity index (χ1) is 15.3. The van der Waals surface area contributed by atoms with Gasteiger partial charge in [-0.25, -0.2) is 9.97 Å². The molecule has 2 fully saturated rings. The molecule has 0 atom stereocenters. The molecule has 0 bridgehead atoms. The molecule has 0 radical (unpaired) electrons. The van der Waals surface area contributed by atoms with E-state index in [1.165, 1.54) is 12.8 Å². The van der Waals surface area contributed by atoms with Crippen LogP contribution in [0.1, 0.15) is 52.0 Å². The Bertz CT molecular complexity index is 1180. The number of rotatable bonds is 6. The van der Waals surface area contributed by atoms with Gasteiger partial charge >= 0.3 is 0 Å². The second kappa shape index (κ2) is 8.04. The molecule has 6 heteroatoms. The Morgan fingerprint density at radius 3 is 2.47 bits per heavy atom. The third-order valence-electron chi connectivity index (χ3n) is 6.16. The average Bonchev–Trinajstić information content (AvgIpc) is 3.67. The van der Waals surface area contributed by atoms with Gasteiger partial charge in [-0.15, -0.1) is 0 Å². The molecule has 0 aliphatic heterocycles. The Balaban J connectivity index is 1.48. The van der Waals surface area contributed by atoms with Gasteiger partial charge < -0.3 is 10.2 Å². The summed E-state index contributed by atoms with van der Waals surface area (Å²) >= 11 is 6.59. The van der Waals surface area contributed by atoms with Crippen LogP contribution in [0, 0.1) is 5.41 Å². The fourth-order valence-electron chi connectivity index (χ4n) is 4.01. The molecule has 2 aliphatic rings. The number of halogens is 1. The summed E-state index contributed by atoms with van der Waals surface area (Å²) in [5.74, 6) is 1.07. The minimum atomic E-state index is -0.407. The van der Waals surface area contributed by atoms with Gasteiger partial charge in [0.15, 0.2) is 0 Å². The van der Waals surface area contributed by atoms with Crippen molar-refractivity contribution >= 4 is 34.2 Å². The third kappa shape index (κ3) is 4.44. The van der Waals surface area contributed by atoms with Crippen molar-refractivity contribution in [3.8, 4) is 11.1 Å². The van der Waals surface area contributed by atoms with Crippen LogP contribution in [0.5, 0.6) is 0 Å². The van der Waals surface area contributed by atoms with Crippen LogP contribution in [0.25, 0.3) is 22.0 Å². The predicted molar refractivity (Wildman–Crippen MR) is 130 cm³/mol. The molecule has 1 N–H and O–H groups in total. The Kier molecular flexibility index (Phi) is 5.32. The number of aromatic nitrogens is 2. The number of carbonyl (C=O) groups excluding carboxylic acids is 1. The Hall–Kier alpha value is -2.66. The quantitative estimate of drug-likeness (QED) is 0.497. The zero-order valence-electron chi connectivity index (χ0n) is 18.9. The van der Waals surface area contributed by atoms with E-state index in [2.05, 4.69) is 33.5 Å². The van der Waals surface area contributed by atoms with Gasteiger partial charge in [0.25, 0.3) is 0 Å². The van der Waals surface area contributed by atoms with Gasteiger partial charge in [-0.2, -0.15) is 0 Å². The molecular formula is C26H29ClN4O. The summed E-state index contributed by atoms with van der Waals surface area (Å²) in [6.45, 7) is 6.48. The summed E-state index contributed by atoms with van der Waals surface area (Å²) in [5, 5.41) is 5.23. The van der Waals surface area contributed by atoms with Crippen molar-refractivity contribution < 1.29 is 4.79 Å². The van der Waals surface area contributed by atoms with Crippen molar-refractivity contribution in [2.75, 3.05) is 5.32 Å². The van der Waals surface area contributed by atoms with Crippen molar-refractivity contribution in [3.05, 3.63) is 53.3 Å². The highest BCUT2D eigenvalue weighted by atomic mass is 35.5. The summed E-state index contributed by atoms with van der Waals surface area (Å²) in [5.41, 5.74) is 3.66. The molecule has 0 spiro atoms. The van der Waals surface area contributed by atoms with E-state index in [-0.39, 0.29) is 5.91 Å². The lowest BCUT2D eigenvalue weighted by Gasteiger charge is -2.30. The van der Waals surface area contributed by atoms with Gasteiger partial charge in [0.2, 0.25) is 5.91 Å². The summed E-state index contributed by atoms with van der Waals surface area (Å²) in [4.78, 5) is 24.0. The van der Waals surface area contributed by atoms with Crippen molar-refractivity contribution in [3.63, 3.8) is 0 Å². The molecule has 32 heavy (non-hydrogen) atoms. The number of hydrogen-bond donors (Lipinski definition) is 1. The number of anilines is 1. The first-order valence-electron chi connectivity index (χ1n) is 11.4. The molecule has 2 saturated carbocycles. The van der Waals surface area contributed by atoms with Crippen LogP contribution < -0.4 is 5.32 Å². The number of carbonyl (C=O) groups is 1. The summed E-state index contributed by atoms with van der Waals surface area (Å²) in [6, 6.07) is 13.2. The molecule has 1 amide bonds. The standard InChI is InChI=1S/C26H29ClN4O/c1-26(2,3)25(32)31(20-8-9-20)14-18-12-16(4-10-22(18)27)17-5-11-23-21(13-17)24(29-15-28-23)30-19-6-7-19/h4-5,10-13,15,19-20H,6-9,14H2,1-3H3,(H,28,29,30). The van der Waals surface area contributed by atoms with Gasteiger partial charge in [-0.1, -0.05) is 44.5 Å². The molecule has 2 aliphatic carbocycles. The van der Waals surface area contributed by atoms with Crippen molar-refractivity contribution in [2.24, 2.45) is 5.41 Å². The summed E-state index contributed by atoms with van der Waals surface area (Å²) in [7, 11) is 0. The molecule has 3 aromatic rings. The predicted octanol–water partition coefficient (Wildman–Crippen LogP) is 6.06. The number of nitrogens with zero attached hydrogens (tertiary/aromatic N) is 3. The van der Waals surface area contributed by atoms with Gasteiger partial charge in [0.1, 0.15) is 12.1 Å². The highest BCUT2D eigenvalue weighted by molar-refractivity contribution is 6.31. The first kappa shape index (κ1) is 21.2. The minimum absolute atomic E-state index is 0.181. The number of fused-ring (bicyclic) bond motifs is 1. The lowest BCUT2D eigenvalue weighted by atomic mass is 9.94. The molecule has 1 heterocycles. The minimum Gasteiger partial charge on any atom is -0.367 e. The first-order valence-corrected chi connectivity index (χ1v) is 11.8. The van der Waals surface area contributed by atoms with Crippen LogP contribution in [-0.4, -0.2) is 32.9 Å². The van der Waals surface area contributed by atoms with E-state index in [1.54, 1.807) is 6.33 Å². The Morgan fingerprint density at radius 1 is 1.06 bits per heavy atom. The van der Waals surface area contributed by atoms with Gasteiger partial charge in [0, 0.05) is 34.5 Å². The zero-order valence-corrected chi connectivity index (χ0v) is 19.6. The molecular weight excluding hydrogens is 420 g/mol. The lowest BCUT2D eigenvalue weighted by molar-refractivity contribution is -0.140. The topological polar surface area (TPSA) is 58.1 Å². The van der Waals surface area contributed by atoms with Crippen LogP contribution >= 0.6 is 11.6 Å². The van der Waals surface area contributed by atoms with E-state index in [9.17, 15) is 4.79 Å². The summed E-state index contributed by atoms with van der Waals surface area (Å²) in [6.07, 6.45) is 6.14. The number of benzene rings is 2. The van der Waals surface area contributed by atoms with Crippen molar-refractivity contribution in [1.82, 2.24) is 14.9 Å². The van der Waals surface area contributed by atoms with E-state index in [0.717, 1.165) is 46.3 Å². The maximum atomic E-state index is 13.1. The zero-order chi connectivity index (χ0) is 22.5. The van der Waals surface area contributed by atoms with Gasteiger partial charge in [0.05, 0.1) is 5.52 Å². The molecule has 2 aromatic carbocycles. The fourth-order valence-corrected chi connectivity index (χ4v) is 4.19. The number of nitrogens with one attached hydrogen (secondary N) is 1. The Labute approximate surface area is 194 Å². The molecule has 5 rings (SSSR count). The molecule has 0 unspecified atom stereocenters. The van der Waals surface area contributed by atoms with Gasteiger partial charge in [-0.05, 0) is 66.6 Å². The second-order valence-corrected chi connectivity index (χ2v) is 10.5. The van der Waals surface area contributed by atoms with E-state index in [1.807, 2.05) is 43.9 Å². The van der Waals surface area contributed by atoms with Crippen LogP contribution in [0.15, 0.2) is 42.7 Å². The van der Waals surface area contributed by atoms with Crippen LogP contribution in [-0.2, 0) is 11.3 Å². The maximum Gasteiger partial charge on any atom is 0.228 e. The third-order valence-corrected chi connectivity index (χ3v) is 6.53. The SMILES string of the molecule is CC(C)(C)C(=O)N(Cc1cc(-c2ccc3ncnc(NC4CC4)c3c2)ccc1Cl)C1CC1. The molecule has 166 valence electrons. The van der Waals surface area contributed by atoms with Crippen molar-refractivity contribution in [2.45, 2.75) is 65.1 Å². The average molecular weight is 449 g/mol. The summed E-state index contributed by atoms with van der Waals surface area (Å²) < 4.78 is 0.